The second-order valence-corrected chi connectivity index (χ2v) is 28.8. The monoisotopic (exact) mass is 1420 g/mol. The van der Waals surface area contributed by atoms with Crippen molar-refractivity contribution in [2.24, 2.45) is 0 Å². The number of phosphoric acid groups is 2. The van der Waals surface area contributed by atoms with Crippen molar-refractivity contribution in [1.29, 1.82) is 0 Å². The molecule has 98 heavy (non-hydrogen) atoms. The molecular weight excluding hydrogens is 1280 g/mol. The van der Waals surface area contributed by atoms with Gasteiger partial charge in [0.15, 0.2) is 12.2 Å². The lowest BCUT2D eigenvalue weighted by molar-refractivity contribution is -0.161. The Morgan fingerprint density at radius 1 is 0.286 bits per heavy atom. The third-order valence-corrected chi connectivity index (χ3v) is 18.2. The van der Waals surface area contributed by atoms with Crippen molar-refractivity contribution < 1.29 is 80.2 Å². The SMILES string of the molecule is CCC/C=C\C/C=C\CCCCCCCC(=O)OCC(COP(=O)(O)OCC(O)COP(=O)(O)OCC(COC(=O)CCCCCCCC/C=C\C/C=C\C/C=C\CCCCC)OC(=O)CCCCCCC/C=C\CCCCCCCC)OC(=O)CCCCCCC/C=C\CCCC. The van der Waals surface area contributed by atoms with E-state index in [9.17, 15) is 43.2 Å². The van der Waals surface area contributed by atoms with Crippen LogP contribution in [0.15, 0.2) is 85.1 Å². The van der Waals surface area contributed by atoms with E-state index >= 15 is 0 Å². The van der Waals surface area contributed by atoms with Crippen LogP contribution in [0.3, 0.4) is 0 Å². The van der Waals surface area contributed by atoms with Gasteiger partial charge in [-0.15, -0.1) is 0 Å². The average Bonchev–Trinajstić information content (AvgIpc) is 0.991. The van der Waals surface area contributed by atoms with E-state index in [0.29, 0.717) is 25.7 Å². The van der Waals surface area contributed by atoms with E-state index in [1.165, 1.54) is 70.6 Å². The number of carbonyl (C=O) groups is 4. The summed E-state index contributed by atoms with van der Waals surface area (Å²) in [6.45, 7) is 4.72. The van der Waals surface area contributed by atoms with Gasteiger partial charge in [0.25, 0.3) is 0 Å². The summed E-state index contributed by atoms with van der Waals surface area (Å²) < 4.78 is 68.4. The summed E-state index contributed by atoms with van der Waals surface area (Å²) in [5.74, 6) is -2.21. The van der Waals surface area contributed by atoms with Crippen molar-refractivity contribution in [2.45, 2.75) is 354 Å². The number of allylic oxidation sites excluding steroid dienone is 14. The summed E-state index contributed by atoms with van der Waals surface area (Å²) >= 11 is 0. The van der Waals surface area contributed by atoms with Crippen LogP contribution >= 0.6 is 15.6 Å². The Hall–Kier alpha value is -3.76. The topological polar surface area (TPSA) is 237 Å². The maximum Gasteiger partial charge on any atom is 0.472 e. The van der Waals surface area contributed by atoms with Gasteiger partial charge < -0.3 is 33.8 Å². The van der Waals surface area contributed by atoms with Crippen LogP contribution < -0.4 is 0 Å². The van der Waals surface area contributed by atoms with Crippen LogP contribution in [-0.2, 0) is 65.4 Å². The minimum Gasteiger partial charge on any atom is -0.462 e. The first kappa shape index (κ1) is 94.2. The van der Waals surface area contributed by atoms with Gasteiger partial charge >= 0.3 is 39.5 Å². The number of hydrogen-bond donors (Lipinski definition) is 3. The number of aliphatic hydroxyl groups is 1. The van der Waals surface area contributed by atoms with Gasteiger partial charge in [-0.3, -0.25) is 37.3 Å². The molecule has 0 amide bonds. The standard InChI is InChI=1S/C79H140O17P2/c1-5-9-13-17-21-25-29-32-34-35-36-37-39-41-45-48-52-56-60-64-77(82)90-70-75(96-79(84)66-62-58-54-50-46-42-38-33-30-26-22-18-14-10-6-2)72-94-98(87,88)92-68-73(80)67-91-97(85,86)93-71-74(95-78(83)65-61-57-53-49-43-28-24-20-16-12-8-4)69-89-76(81)63-59-55-51-47-44-40-31-27-23-19-15-11-7-3/h15,19-21,24-25,27,31-34,36-38,73-75,80H,5-14,16-18,22-23,26,28-30,35,39-72H2,1-4H3,(H,85,86)(H,87,88)/b19-15-,24-20-,25-21-,31-27-,34-32-,37-36-,38-33-. The van der Waals surface area contributed by atoms with E-state index in [4.69, 9.17) is 37.0 Å². The number of carbonyl (C=O) groups excluding carboxylic acids is 4. The predicted octanol–water partition coefficient (Wildman–Crippen LogP) is 22.2. The highest BCUT2D eigenvalue weighted by molar-refractivity contribution is 7.47. The molecule has 0 fully saturated rings. The number of phosphoric ester groups is 2. The number of ether oxygens (including phenoxy) is 4. The van der Waals surface area contributed by atoms with E-state index in [2.05, 4.69) is 113 Å². The third kappa shape index (κ3) is 70.7. The van der Waals surface area contributed by atoms with Gasteiger partial charge in [0.05, 0.1) is 26.4 Å². The number of unbranched alkanes of at least 4 members (excludes halogenated alkanes) is 33. The molecule has 0 bridgehead atoms. The van der Waals surface area contributed by atoms with Crippen molar-refractivity contribution in [3.8, 4) is 0 Å². The summed E-state index contributed by atoms with van der Waals surface area (Å²) in [5, 5.41) is 10.6. The highest BCUT2D eigenvalue weighted by Gasteiger charge is 2.30. The van der Waals surface area contributed by atoms with E-state index < -0.39 is 97.5 Å². The Labute approximate surface area is 595 Å². The van der Waals surface area contributed by atoms with Crippen molar-refractivity contribution in [3.05, 3.63) is 85.1 Å². The Bertz CT molecular complexity index is 2190. The first-order valence-electron chi connectivity index (χ1n) is 38.8. The molecule has 0 rings (SSSR count). The highest BCUT2D eigenvalue weighted by Crippen LogP contribution is 2.45. The predicted molar refractivity (Wildman–Crippen MR) is 399 cm³/mol. The van der Waals surface area contributed by atoms with Crippen molar-refractivity contribution in [3.63, 3.8) is 0 Å². The molecule has 0 aromatic carbocycles. The molecule has 568 valence electrons. The molecule has 0 aromatic rings. The lowest BCUT2D eigenvalue weighted by atomic mass is 10.1. The molecule has 5 unspecified atom stereocenters. The molecular formula is C79H140O17P2. The Morgan fingerprint density at radius 2 is 0.531 bits per heavy atom. The van der Waals surface area contributed by atoms with Crippen LogP contribution in [0, 0.1) is 0 Å². The number of hydrogen-bond acceptors (Lipinski definition) is 15. The lowest BCUT2D eigenvalue weighted by Gasteiger charge is -2.21. The maximum atomic E-state index is 13.1. The molecule has 3 N–H and O–H groups in total. The molecule has 0 aliphatic heterocycles. The smallest absolute Gasteiger partial charge is 0.462 e. The van der Waals surface area contributed by atoms with Gasteiger partial charge in [0.1, 0.15) is 19.3 Å². The summed E-state index contributed by atoms with van der Waals surface area (Å²) in [5.41, 5.74) is 0. The van der Waals surface area contributed by atoms with E-state index in [1.54, 1.807) is 0 Å². The minimum atomic E-state index is -4.98. The molecule has 0 radical (unpaired) electrons. The Balaban J connectivity index is 5.33. The molecule has 0 aliphatic rings. The molecule has 0 aliphatic carbocycles. The molecule has 0 saturated heterocycles. The number of rotatable bonds is 73. The molecule has 0 aromatic heterocycles. The number of esters is 4. The van der Waals surface area contributed by atoms with Gasteiger partial charge in [-0.05, 0) is 135 Å². The van der Waals surface area contributed by atoms with Crippen LogP contribution in [0.2, 0.25) is 0 Å². The Kier molecular flexibility index (Phi) is 68.9. The highest BCUT2D eigenvalue weighted by atomic mass is 31.2. The third-order valence-electron chi connectivity index (χ3n) is 16.3. The maximum absolute atomic E-state index is 13.1. The van der Waals surface area contributed by atoms with Crippen LogP contribution in [0.25, 0.3) is 0 Å². The summed E-state index contributed by atoms with van der Waals surface area (Å²) in [7, 11) is -9.95. The molecule has 0 spiro atoms. The number of aliphatic hydroxyl groups excluding tert-OH is 1. The van der Waals surface area contributed by atoms with Gasteiger partial charge in [0, 0.05) is 25.7 Å². The van der Waals surface area contributed by atoms with Gasteiger partial charge in [0.2, 0.25) is 0 Å². The zero-order chi connectivity index (χ0) is 71.8. The van der Waals surface area contributed by atoms with Crippen LogP contribution in [-0.4, -0.2) is 96.7 Å². The lowest BCUT2D eigenvalue weighted by Crippen LogP contribution is -2.30. The average molecular weight is 1420 g/mol. The zero-order valence-electron chi connectivity index (χ0n) is 62.0. The van der Waals surface area contributed by atoms with Crippen LogP contribution in [0.1, 0.15) is 336 Å². The summed E-state index contributed by atoms with van der Waals surface area (Å²) in [6, 6.07) is 0. The zero-order valence-corrected chi connectivity index (χ0v) is 63.7. The minimum absolute atomic E-state index is 0.0824. The molecule has 5 atom stereocenters. The molecule has 0 saturated carbocycles. The second kappa shape index (κ2) is 71.6. The Morgan fingerprint density at radius 3 is 0.867 bits per heavy atom. The van der Waals surface area contributed by atoms with Crippen LogP contribution in [0.4, 0.5) is 0 Å². The fraction of sp³-hybridized carbons (Fsp3) is 0.772. The fourth-order valence-corrected chi connectivity index (χ4v) is 11.9. The van der Waals surface area contributed by atoms with E-state index in [-0.39, 0.29) is 25.7 Å². The van der Waals surface area contributed by atoms with Gasteiger partial charge in [-0.1, -0.05) is 260 Å². The van der Waals surface area contributed by atoms with Crippen molar-refractivity contribution in [1.82, 2.24) is 0 Å². The first-order chi connectivity index (χ1) is 47.7. The second-order valence-electron chi connectivity index (χ2n) is 25.9. The van der Waals surface area contributed by atoms with E-state index in [0.717, 1.165) is 186 Å². The summed E-state index contributed by atoms with van der Waals surface area (Å²) in [4.78, 5) is 72.8. The molecule has 17 nitrogen and oxygen atoms in total. The largest absolute Gasteiger partial charge is 0.472 e. The summed E-state index contributed by atoms with van der Waals surface area (Å²) in [6.07, 6.45) is 72.9. The van der Waals surface area contributed by atoms with E-state index in [1.807, 2.05) is 0 Å². The normalized spacial score (nSPS) is 14.4. The van der Waals surface area contributed by atoms with Crippen molar-refractivity contribution in [2.75, 3.05) is 39.6 Å². The quantitative estimate of drug-likeness (QED) is 0.0169. The van der Waals surface area contributed by atoms with Gasteiger partial charge in [-0.25, -0.2) is 9.13 Å². The van der Waals surface area contributed by atoms with Gasteiger partial charge in [-0.2, -0.15) is 0 Å². The van der Waals surface area contributed by atoms with Crippen LogP contribution in [0.5, 0.6) is 0 Å². The molecule has 19 heteroatoms. The molecule has 0 heterocycles. The fourth-order valence-electron chi connectivity index (χ4n) is 10.3. The van der Waals surface area contributed by atoms with Crippen molar-refractivity contribution >= 4 is 39.5 Å². The first-order valence-corrected chi connectivity index (χ1v) is 41.8.